The van der Waals surface area contributed by atoms with Gasteiger partial charge in [0.15, 0.2) is 11.6 Å². The number of hydrogen-bond acceptors (Lipinski definition) is 14. The molecule has 0 unspecified atom stereocenters. The Labute approximate surface area is 276 Å². The molecule has 0 spiro atoms. The van der Waals surface area contributed by atoms with Crippen molar-refractivity contribution in [1.29, 1.82) is 5.26 Å². The summed E-state index contributed by atoms with van der Waals surface area (Å²) in [5, 5.41) is 9.51. The number of nitriles is 1. The van der Waals surface area contributed by atoms with Crippen molar-refractivity contribution in [3.05, 3.63) is 35.4 Å². The molecule has 1 fully saturated rings. The average molecular weight is 651 g/mol. The Bertz CT molecular complexity index is 1500. The van der Waals surface area contributed by atoms with Crippen molar-refractivity contribution in [2.24, 2.45) is 0 Å². The molecule has 2 aromatic heterocycles. The molecule has 0 saturated carbocycles. The monoisotopic (exact) mass is 650 g/mol. The van der Waals surface area contributed by atoms with Crippen molar-refractivity contribution >= 4 is 40.5 Å². The highest BCUT2D eigenvalue weighted by molar-refractivity contribution is 5.96. The molecule has 254 valence electrons. The third kappa shape index (κ3) is 9.13. The van der Waals surface area contributed by atoms with Gasteiger partial charge in [-0.1, -0.05) is 12.1 Å². The minimum absolute atomic E-state index is 0.00834. The second-order valence-electron chi connectivity index (χ2n) is 11.2. The van der Waals surface area contributed by atoms with Gasteiger partial charge in [-0.2, -0.15) is 15.2 Å². The van der Waals surface area contributed by atoms with Crippen LogP contribution in [0.25, 0.3) is 11.0 Å². The van der Waals surface area contributed by atoms with Gasteiger partial charge in [-0.3, -0.25) is 4.79 Å². The van der Waals surface area contributed by atoms with Crippen molar-refractivity contribution in [1.82, 2.24) is 24.8 Å². The molecule has 1 aromatic carbocycles. The SMILES string of the molecule is COCCN(CCOC)c1nc(N2CCN(C)C(=O)C2)c2nc(N(CCOC)CCOC)nc(N(C)Cc3cccc(C#N)c3)c2n1. The molecule has 0 aliphatic carbocycles. The molecule has 4 rings (SSSR count). The average Bonchev–Trinajstić information content (AvgIpc) is 3.08. The van der Waals surface area contributed by atoms with Crippen LogP contribution < -0.4 is 19.6 Å². The molecule has 15 heteroatoms. The van der Waals surface area contributed by atoms with Gasteiger partial charge in [0.2, 0.25) is 17.8 Å². The van der Waals surface area contributed by atoms with Crippen molar-refractivity contribution in [2.75, 3.05) is 134 Å². The number of nitrogens with zero attached hydrogens (tertiary/aromatic N) is 10. The van der Waals surface area contributed by atoms with Gasteiger partial charge in [-0.25, -0.2) is 9.97 Å². The standard InChI is InChI=1S/C32H46N10O5/c1-38-10-11-42(23-26(38)43)30-28-27(34-32(37-30)41(14-18-46-5)15-19-47-6)29(39(2)22-25-9-7-8-24(20-25)21-33)36-31(35-28)40(12-16-44-3)13-17-45-4/h7-9,20H,10-19,22-23H2,1-6H3. The molecule has 47 heavy (non-hydrogen) atoms. The lowest BCUT2D eigenvalue weighted by Gasteiger charge is -2.34. The highest BCUT2D eigenvalue weighted by Gasteiger charge is 2.29. The number of amides is 1. The number of piperazine rings is 1. The van der Waals surface area contributed by atoms with Crippen molar-refractivity contribution in [2.45, 2.75) is 6.54 Å². The molecule has 15 nitrogen and oxygen atoms in total. The van der Waals surface area contributed by atoms with Crippen LogP contribution in [0.15, 0.2) is 24.3 Å². The summed E-state index contributed by atoms with van der Waals surface area (Å²) in [6.45, 7) is 5.68. The van der Waals surface area contributed by atoms with Gasteiger partial charge in [0, 0.05) is 88.3 Å². The van der Waals surface area contributed by atoms with Crippen LogP contribution in [0.2, 0.25) is 0 Å². The lowest BCUT2D eigenvalue weighted by molar-refractivity contribution is -0.129. The van der Waals surface area contributed by atoms with Gasteiger partial charge in [0.25, 0.3) is 0 Å². The van der Waals surface area contributed by atoms with E-state index in [9.17, 15) is 10.1 Å². The predicted octanol–water partition coefficient (Wildman–Crippen LogP) is 1.40. The highest BCUT2D eigenvalue weighted by Crippen LogP contribution is 2.33. The van der Waals surface area contributed by atoms with E-state index in [0.29, 0.717) is 112 Å². The van der Waals surface area contributed by atoms with Crippen LogP contribution in [0.4, 0.5) is 23.5 Å². The molecule has 1 aliphatic heterocycles. The van der Waals surface area contributed by atoms with Crippen molar-refractivity contribution < 1.29 is 23.7 Å². The first kappa shape index (κ1) is 35.5. The van der Waals surface area contributed by atoms with Crippen molar-refractivity contribution in [3.8, 4) is 6.07 Å². The number of fused-ring (bicyclic) bond motifs is 1. The smallest absolute Gasteiger partial charge is 0.241 e. The van der Waals surface area contributed by atoms with Crippen molar-refractivity contribution in [3.63, 3.8) is 0 Å². The minimum Gasteiger partial charge on any atom is -0.383 e. The molecule has 1 aliphatic rings. The van der Waals surface area contributed by atoms with Crippen LogP contribution in [0.3, 0.4) is 0 Å². The van der Waals surface area contributed by atoms with Gasteiger partial charge in [-0.15, -0.1) is 0 Å². The molecule has 0 atom stereocenters. The molecule has 1 saturated heterocycles. The summed E-state index contributed by atoms with van der Waals surface area (Å²) >= 11 is 0. The molecule has 3 heterocycles. The number of likely N-dealkylation sites (N-methyl/N-ethyl adjacent to an activating group) is 1. The number of methoxy groups -OCH3 is 4. The highest BCUT2D eigenvalue weighted by atomic mass is 16.5. The Kier molecular flexibility index (Phi) is 13.2. The predicted molar refractivity (Wildman–Crippen MR) is 180 cm³/mol. The summed E-state index contributed by atoms with van der Waals surface area (Å²) in [6.07, 6.45) is 0. The molecular formula is C32H46N10O5. The quantitative estimate of drug-likeness (QED) is 0.196. The number of anilines is 4. The third-order valence-corrected chi connectivity index (χ3v) is 7.90. The van der Waals surface area contributed by atoms with E-state index in [2.05, 4.69) is 6.07 Å². The van der Waals surface area contributed by atoms with Crippen LogP contribution in [0.1, 0.15) is 11.1 Å². The van der Waals surface area contributed by atoms with E-state index < -0.39 is 0 Å². The summed E-state index contributed by atoms with van der Waals surface area (Å²) in [5.41, 5.74) is 2.59. The fourth-order valence-corrected chi connectivity index (χ4v) is 5.19. The van der Waals surface area contributed by atoms with Crippen LogP contribution in [0.5, 0.6) is 0 Å². The van der Waals surface area contributed by atoms with Gasteiger partial charge in [0.05, 0.1) is 44.6 Å². The first-order valence-corrected chi connectivity index (χ1v) is 15.6. The second kappa shape index (κ2) is 17.5. The van der Waals surface area contributed by atoms with E-state index in [1.54, 1.807) is 46.5 Å². The van der Waals surface area contributed by atoms with Gasteiger partial charge in [-0.05, 0) is 17.7 Å². The summed E-state index contributed by atoms with van der Waals surface area (Å²) in [5.74, 6) is 2.05. The Balaban J connectivity index is 1.97. The number of benzene rings is 1. The number of ether oxygens (including phenoxy) is 4. The maximum absolute atomic E-state index is 13.0. The first-order valence-electron chi connectivity index (χ1n) is 15.6. The summed E-state index contributed by atoms with van der Waals surface area (Å²) in [6, 6.07) is 9.71. The molecule has 0 bridgehead atoms. The number of aromatic nitrogens is 4. The van der Waals surface area contributed by atoms with E-state index >= 15 is 0 Å². The van der Waals surface area contributed by atoms with E-state index in [1.807, 2.05) is 44.8 Å². The second-order valence-corrected chi connectivity index (χ2v) is 11.2. The van der Waals surface area contributed by atoms with E-state index in [1.165, 1.54) is 0 Å². The normalized spacial score (nSPS) is 13.3. The fourth-order valence-electron chi connectivity index (χ4n) is 5.19. The minimum atomic E-state index is -0.00834. The largest absolute Gasteiger partial charge is 0.383 e. The number of carbonyl (C=O) groups is 1. The van der Waals surface area contributed by atoms with E-state index in [-0.39, 0.29) is 12.5 Å². The van der Waals surface area contributed by atoms with Gasteiger partial charge >= 0.3 is 0 Å². The number of hydrogen-bond donors (Lipinski definition) is 0. The Hall–Kier alpha value is -4.36. The van der Waals surface area contributed by atoms with Crippen LogP contribution >= 0.6 is 0 Å². The van der Waals surface area contributed by atoms with Gasteiger partial charge in [0.1, 0.15) is 11.0 Å². The number of rotatable bonds is 18. The van der Waals surface area contributed by atoms with E-state index in [0.717, 1.165) is 5.56 Å². The first-order chi connectivity index (χ1) is 22.8. The van der Waals surface area contributed by atoms with E-state index in [4.69, 9.17) is 38.9 Å². The third-order valence-electron chi connectivity index (χ3n) is 7.90. The zero-order valence-electron chi connectivity index (χ0n) is 28.3. The summed E-state index contributed by atoms with van der Waals surface area (Å²) < 4.78 is 21.6. The molecular weight excluding hydrogens is 604 g/mol. The fraction of sp³-hybridized carbons (Fsp3) is 0.562. The van der Waals surface area contributed by atoms with Crippen LogP contribution in [0, 0.1) is 11.3 Å². The molecule has 3 aromatic rings. The summed E-state index contributed by atoms with van der Waals surface area (Å²) in [4.78, 5) is 43.0. The molecule has 0 radical (unpaired) electrons. The topological polar surface area (TPSA) is 146 Å². The Morgan fingerprint density at radius 2 is 1.40 bits per heavy atom. The Morgan fingerprint density at radius 3 is 1.96 bits per heavy atom. The lowest BCUT2D eigenvalue weighted by atomic mass is 10.1. The Morgan fingerprint density at radius 1 is 0.830 bits per heavy atom. The zero-order chi connectivity index (χ0) is 33.8. The molecule has 1 amide bonds. The maximum Gasteiger partial charge on any atom is 0.241 e. The summed E-state index contributed by atoms with van der Waals surface area (Å²) in [7, 11) is 10.4. The zero-order valence-corrected chi connectivity index (χ0v) is 28.3. The van der Waals surface area contributed by atoms with Gasteiger partial charge < -0.3 is 43.4 Å². The maximum atomic E-state index is 13.0. The van der Waals surface area contributed by atoms with Crippen LogP contribution in [-0.2, 0) is 30.3 Å². The lowest BCUT2D eigenvalue weighted by Crippen LogP contribution is -2.49. The van der Waals surface area contributed by atoms with Crippen LogP contribution in [-0.4, -0.2) is 146 Å². The number of carbonyl (C=O) groups excluding carboxylic acids is 1. The molecule has 0 N–H and O–H groups in total.